The van der Waals surface area contributed by atoms with E-state index in [1.54, 1.807) is 24.0 Å². The summed E-state index contributed by atoms with van der Waals surface area (Å²) in [5.74, 6) is -1.11. The first-order valence-corrected chi connectivity index (χ1v) is 5.30. The third-order valence-electron chi connectivity index (χ3n) is 2.42. The van der Waals surface area contributed by atoms with Gasteiger partial charge in [0, 0.05) is 13.2 Å². The summed E-state index contributed by atoms with van der Waals surface area (Å²) in [4.78, 5) is 11.2. The van der Waals surface area contributed by atoms with Crippen molar-refractivity contribution in [2.45, 2.75) is 13.5 Å². The monoisotopic (exact) mass is 247 g/mol. The molecule has 18 heavy (non-hydrogen) atoms. The molecule has 7 heteroatoms. The van der Waals surface area contributed by atoms with E-state index >= 15 is 0 Å². The van der Waals surface area contributed by atoms with Crippen molar-refractivity contribution in [3.05, 3.63) is 30.1 Å². The van der Waals surface area contributed by atoms with E-state index in [4.69, 9.17) is 5.11 Å². The molecule has 2 aromatic heterocycles. The lowest BCUT2D eigenvalue weighted by Gasteiger charge is -2.06. The molecule has 0 aromatic carbocycles. The number of aromatic carboxylic acids is 1. The first-order valence-electron chi connectivity index (χ1n) is 5.30. The molecular formula is C11H13N5O2. The number of hydrogen-bond acceptors (Lipinski definition) is 4. The maximum absolute atomic E-state index is 11.2. The Balaban J connectivity index is 2.61. The Labute approximate surface area is 103 Å². The van der Waals surface area contributed by atoms with Crippen molar-refractivity contribution in [2.75, 3.05) is 0 Å². The van der Waals surface area contributed by atoms with Gasteiger partial charge in [0.05, 0.1) is 12.2 Å². The van der Waals surface area contributed by atoms with Crippen molar-refractivity contribution in [1.82, 2.24) is 24.8 Å². The summed E-state index contributed by atoms with van der Waals surface area (Å²) in [6.45, 7) is 6.05. The van der Waals surface area contributed by atoms with Crippen molar-refractivity contribution in [2.24, 2.45) is 7.05 Å². The summed E-state index contributed by atoms with van der Waals surface area (Å²) in [7, 11) is 1.74. The van der Waals surface area contributed by atoms with Gasteiger partial charge in [-0.2, -0.15) is 5.10 Å². The molecule has 0 aliphatic carbocycles. The van der Waals surface area contributed by atoms with Crippen LogP contribution < -0.4 is 0 Å². The Morgan fingerprint density at radius 3 is 2.78 bits per heavy atom. The quantitative estimate of drug-likeness (QED) is 0.813. The fourth-order valence-electron chi connectivity index (χ4n) is 1.68. The van der Waals surface area contributed by atoms with E-state index in [1.165, 1.54) is 4.68 Å². The lowest BCUT2D eigenvalue weighted by Crippen LogP contribution is -2.08. The Hall–Kier alpha value is -2.44. The predicted molar refractivity (Wildman–Crippen MR) is 64.0 cm³/mol. The van der Waals surface area contributed by atoms with Crippen LogP contribution in [0.15, 0.2) is 24.4 Å². The summed E-state index contributed by atoms with van der Waals surface area (Å²) in [6, 6.07) is 1.72. The van der Waals surface area contributed by atoms with E-state index in [0.29, 0.717) is 17.9 Å². The fourth-order valence-corrected chi connectivity index (χ4v) is 1.68. The minimum Gasteiger partial charge on any atom is -0.476 e. The largest absolute Gasteiger partial charge is 0.476 e. The van der Waals surface area contributed by atoms with Gasteiger partial charge in [-0.3, -0.25) is 4.68 Å². The van der Waals surface area contributed by atoms with Crippen LogP contribution >= 0.6 is 0 Å². The van der Waals surface area contributed by atoms with Crippen molar-refractivity contribution in [1.29, 1.82) is 0 Å². The molecule has 0 unspecified atom stereocenters. The second kappa shape index (κ2) is 4.44. The van der Waals surface area contributed by atoms with Crippen LogP contribution in [0, 0.1) is 0 Å². The zero-order valence-electron chi connectivity index (χ0n) is 10.2. The Morgan fingerprint density at radius 1 is 1.56 bits per heavy atom. The second-order valence-corrected chi connectivity index (χ2v) is 4.05. The number of hydrogen-bond donors (Lipinski definition) is 1. The average molecular weight is 247 g/mol. The fraction of sp³-hybridized carbons (Fsp3) is 0.273. The number of carboxylic acids is 1. The van der Waals surface area contributed by atoms with E-state index in [0.717, 1.165) is 5.57 Å². The van der Waals surface area contributed by atoms with Gasteiger partial charge in [-0.05, 0) is 13.0 Å². The van der Waals surface area contributed by atoms with Gasteiger partial charge in [0.2, 0.25) is 0 Å². The van der Waals surface area contributed by atoms with Gasteiger partial charge in [0.25, 0.3) is 0 Å². The first kappa shape index (κ1) is 12.0. The van der Waals surface area contributed by atoms with Gasteiger partial charge < -0.3 is 5.11 Å². The molecule has 0 fully saturated rings. The molecule has 0 bridgehead atoms. The van der Waals surface area contributed by atoms with Crippen LogP contribution in [0.5, 0.6) is 0 Å². The summed E-state index contributed by atoms with van der Waals surface area (Å²) < 4.78 is 3.10. The molecule has 0 saturated carbocycles. The maximum atomic E-state index is 11.2. The van der Waals surface area contributed by atoms with Gasteiger partial charge in [-0.1, -0.05) is 17.4 Å². The predicted octanol–water partition coefficient (Wildman–Crippen LogP) is 0.953. The van der Waals surface area contributed by atoms with E-state index in [2.05, 4.69) is 22.0 Å². The number of carbonyl (C=O) groups is 1. The van der Waals surface area contributed by atoms with Crippen LogP contribution in [0.25, 0.3) is 11.4 Å². The highest BCUT2D eigenvalue weighted by molar-refractivity contribution is 5.92. The van der Waals surface area contributed by atoms with Crippen molar-refractivity contribution in [3.8, 4) is 11.4 Å². The van der Waals surface area contributed by atoms with Gasteiger partial charge in [0.1, 0.15) is 5.69 Å². The highest BCUT2D eigenvalue weighted by Gasteiger charge is 2.22. The number of carboxylic acid groups (broad SMARTS) is 1. The van der Waals surface area contributed by atoms with Crippen molar-refractivity contribution in [3.63, 3.8) is 0 Å². The summed E-state index contributed by atoms with van der Waals surface area (Å²) in [5, 5.41) is 20.7. The van der Waals surface area contributed by atoms with Crippen LogP contribution in [-0.4, -0.2) is 35.9 Å². The topological polar surface area (TPSA) is 85.8 Å². The van der Waals surface area contributed by atoms with Gasteiger partial charge in [0.15, 0.2) is 5.69 Å². The molecule has 0 radical (unpaired) electrons. The van der Waals surface area contributed by atoms with E-state index in [9.17, 15) is 4.79 Å². The number of allylic oxidation sites excluding steroid dienone is 1. The number of nitrogens with zero attached hydrogens (tertiary/aromatic N) is 5. The van der Waals surface area contributed by atoms with E-state index < -0.39 is 5.97 Å². The highest BCUT2D eigenvalue weighted by atomic mass is 16.4. The van der Waals surface area contributed by atoms with Gasteiger partial charge in [-0.25, -0.2) is 9.48 Å². The lowest BCUT2D eigenvalue weighted by atomic mass is 10.2. The van der Waals surface area contributed by atoms with Gasteiger partial charge in [-0.15, -0.1) is 5.10 Å². The summed E-state index contributed by atoms with van der Waals surface area (Å²) in [6.07, 6.45) is 1.60. The van der Waals surface area contributed by atoms with E-state index in [-0.39, 0.29) is 5.69 Å². The van der Waals surface area contributed by atoms with Crippen molar-refractivity contribution < 1.29 is 9.90 Å². The molecule has 0 amide bonds. The normalized spacial score (nSPS) is 10.6. The number of rotatable bonds is 4. The summed E-state index contributed by atoms with van der Waals surface area (Å²) in [5.41, 5.74) is 1.87. The Kier molecular flexibility index (Phi) is 2.97. The van der Waals surface area contributed by atoms with Gasteiger partial charge >= 0.3 is 5.97 Å². The number of aromatic nitrogens is 5. The minimum atomic E-state index is -1.11. The Bertz CT molecular complexity index is 611. The molecule has 2 heterocycles. The molecule has 0 atom stereocenters. The molecule has 94 valence electrons. The second-order valence-electron chi connectivity index (χ2n) is 4.05. The summed E-state index contributed by atoms with van der Waals surface area (Å²) >= 11 is 0. The van der Waals surface area contributed by atoms with Crippen LogP contribution in [0.4, 0.5) is 0 Å². The third-order valence-corrected chi connectivity index (χ3v) is 2.42. The SMILES string of the molecule is C=C(C)Cn1nnc(C(=O)O)c1-c1ccnn1C. The highest BCUT2D eigenvalue weighted by Crippen LogP contribution is 2.22. The van der Waals surface area contributed by atoms with Crippen LogP contribution in [0.2, 0.25) is 0 Å². The molecular weight excluding hydrogens is 234 g/mol. The molecule has 0 saturated heterocycles. The first-order chi connectivity index (χ1) is 8.50. The maximum Gasteiger partial charge on any atom is 0.358 e. The third kappa shape index (κ3) is 2.02. The van der Waals surface area contributed by atoms with E-state index in [1.807, 2.05) is 6.92 Å². The van der Waals surface area contributed by atoms with Crippen LogP contribution in [0.3, 0.4) is 0 Å². The molecule has 0 aliphatic rings. The van der Waals surface area contributed by atoms with Crippen molar-refractivity contribution >= 4 is 5.97 Å². The zero-order valence-corrected chi connectivity index (χ0v) is 10.2. The van der Waals surface area contributed by atoms with Crippen LogP contribution in [-0.2, 0) is 13.6 Å². The molecule has 7 nitrogen and oxygen atoms in total. The van der Waals surface area contributed by atoms with Crippen LogP contribution in [0.1, 0.15) is 17.4 Å². The standard InChI is InChI=1S/C11H13N5O2/c1-7(2)6-16-10(8-4-5-12-15(8)3)9(11(17)18)13-14-16/h4-5H,1,6H2,2-3H3,(H,17,18). The molecule has 1 N–H and O–H groups in total. The average Bonchev–Trinajstić information content (AvgIpc) is 2.83. The lowest BCUT2D eigenvalue weighted by molar-refractivity contribution is 0.0691. The Morgan fingerprint density at radius 2 is 2.28 bits per heavy atom. The molecule has 0 spiro atoms. The molecule has 2 rings (SSSR count). The molecule has 2 aromatic rings. The molecule has 0 aliphatic heterocycles. The number of aryl methyl sites for hydroxylation is 1. The zero-order chi connectivity index (χ0) is 13.3. The smallest absolute Gasteiger partial charge is 0.358 e. The minimum absolute atomic E-state index is 0.0835.